The molecule has 0 amide bonds. The van der Waals surface area contributed by atoms with Crippen molar-refractivity contribution in [1.29, 1.82) is 0 Å². The van der Waals surface area contributed by atoms with Crippen LogP contribution in [0.15, 0.2) is 0 Å². The average Bonchev–Trinajstić information content (AvgIpc) is 2.61. The lowest BCUT2D eigenvalue weighted by molar-refractivity contribution is -0.146. The molecule has 1 fully saturated rings. The monoisotopic (exact) mass is 270 g/mol. The fraction of sp³-hybridized carbons (Fsp3) is 0.438. The Hall–Kier alpha value is -1.94. The molecule has 0 radical (unpaired) electrons. The molecule has 0 aromatic carbocycles. The van der Waals surface area contributed by atoms with E-state index < -0.39 is 4.75 Å². The smallest absolute Gasteiger partial charge is 0.335 e. The van der Waals surface area contributed by atoms with Gasteiger partial charge in [-0.05, 0) is 42.4 Å². The summed E-state index contributed by atoms with van der Waals surface area (Å²) in [7, 11) is 0. The molecular formula is C16H14O2S. The number of cyclic esters (lactones) is 1. The Balaban J connectivity index is 2.83. The van der Waals surface area contributed by atoms with Gasteiger partial charge in [-0.15, -0.1) is 6.42 Å². The minimum atomic E-state index is -0.869. The standard InChI is InChI=1S/C16H14O2S/c1-6-7-8-9-10-11-12-16(5)13(17)18-14(19-16)15(2,3)4/h1,14H,2-5H3. The van der Waals surface area contributed by atoms with Gasteiger partial charge in [-0.3, -0.25) is 0 Å². The second kappa shape index (κ2) is 5.80. The summed E-state index contributed by atoms with van der Waals surface area (Å²) in [6.45, 7) is 7.80. The van der Waals surface area contributed by atoms with Crippen LogP contribution in [0.5, 0.6) is 0 Å². The van der Waals surface area contributed by atoms with Crippen LogP contribution < -0.4 is 0 Å². The van der Waals surface area contributed by atoms with Crippen LogP contribution >= 0.6 is 11.8 Å². The van der Waals surface area contributed by atoms with E-state index in [0.29, 0.717) is 0 Å². The van der Waals surface area contributed by atoms with Crippen LogP contribution in [0.1, 0.15) is 27.7 Å². The summed E-state index contributed by atoms with van der Waals surface area (Å²) in [6, 6.07) is 0. The summed E-state index contributed by atoms with van der Waals surface area (Å²) in [4.78, 5) is 11.9. The number of terminal acetylenes is 1. The van der Waals surface area contributed by atoms with Gasteiger partial charge in [0.2, 0.25) is 0 Å². The lowest BCUT2D eigenvalue weighted by Crippen LogP contribution is -2.25. The number of hydrogen-bond acceptors (Lipinski definition) is 3. The number of thioether (sulfide) groups is 1. The van der Waals surface area contributed by atoms with Crippen molar-refractivity contribution >= 4 is 17.7 Å². The van der Waals surface area contributed by atoms with Gasteiger partial charge in [0.25, 0.3) is 0 Å². The van der Waals surface area contributed by atoms with E-state index in [-0.39, 0.29) is 16.8 Å². The minimum absolute atomic E-state index is 0.121. The molecular weight excluding hydrogens is 256 g/mol. The molecule has 0 aromatic rings. The maximum Gasteiger partial charge on any atom is 0.335 e. The Morgan fingerprint density at radius 3 is 2.32 bits per heavy atom. The van der Waals surface area contributed by atoms with E-state index in [4.69, 9.17) is 11.2 Å². The molecule has 1 heterocycles. The van der Waals surface area contributed by atoms with Crippen molar-refractivity contribution in [3.8, 4) is 47.9 Å². The van der Waals surface area contributed by atoms with Crippen LogP contribution in [-0.4, -0.2) is 16.2 Å². The van der Waals surface area contributed by atoms with Crippen molar-refractivity contribution in [2.45, 2.75) is 37.9 Å². The number of carbonyl (C=O) groups is 1. The van der Waals surface area contributed by atoms with Crippen molar-refractivity contribution in [3.05, 3.63) is 0 Å². The highest BCUT2D eigenvalue weighted by Gasteiger charge is 2.49. The van der Waals surface area contributed by atoms with E-state index >= 15 is 0 Å². The predicted octanol–water partition coefficient (Wildman–Crippen LogP) is 2.05. The maximum absolute atomic E-state index is 11.9. The highest BCUT2D eigenvalue weighted by atomic mass is 32.2. The van der Waals surface area contributed by atoms with Gasteiger partial charge in [0, 0.05) is 5.41 Å². The van der Waals surface area contributed by atoms with Crippen molar-refractivity contribution in [2.75, 3.05) is 0 Å². The zero-order valence-corrected chi connectivity index (χ0v) is 12.2. The number of carbonyl (C=O) groups excluding carboxylic acids is 1. The van der Waals surface area contributed by atoms with Crippen molar-refractivity contribution in [1.82, 2.24) is 0 Å². The van der Waals surface area contributed by atoms with E-state index in [9.17, 15) is 4.79 Å². The number of rotatable bonds is 0. The fourth-order valence-electron chi connectivity index (χ4n) is 1.21. The molecule has 1 aliphatic rings. The summed E-state index contributed by atoms with van der Waals surface area (Å²) in [5, 5.41) is 0. The van der Waals surface area contributed by atoms with Crippen LogP contribution in [0.25, 0.3) is 0 Å². The van der Waals surface area contributed by atoms with Gasteiger partial charge in [0.05, 0.1) is 0 Å². The van der Waals surface area contributed by atoms with Gasteiger partial charge in [-0.25, -0.2) is 4.79 Å². The molecule has 2 unspecified atom stereocenters. The Bertz CT molecular complexity index is 599. The van der Waals surface area contributed by atoms with Crippen LogP contribution in [0.2, 0.25) is 0 Å². The molecule has 1 aliphatic heterocycles. The van der Waals surface area contributed by atoms with Gasteiger partial charge in [0.1, 0.15) is 0 Å². The summed E-state index contributed by atoms with van der Waals surface area (Å²) < 4.78 is 4.49. The zero-order chi connectivity index (χ0) is 14.5. The fourth-order valence-corrected chi connectivity index (χ4v) is 2.38. The normalized spacial score (nSPS) is 24.6. The molecule has 96 valence electrons. The van der Waals surface area contributed by atoms with Gasteiger partial charge in [-0.2, -0.15) is 0 Å². The first kappa shape index (κ1) is 15.1. The Morgan fingerprint density at radius 1 is 1.21 bits per heavy atom. The summed E-state index contributed by atoms with van der Waals surface area (Å²) in [5.74, 6) is 17.1. The first-order valence-corrected chi connectivity index (χ1v) is 6.54. The Morgan fingerprint density at radius 2 is 1.79 bits per heavy atom. The molecule has 1 rings (SSSR count). The topological polar surface area (TPSA) is 26.3 Å². The number of ether oxygens (including phenoxy) is 1. The van der Waals surface area contributed by atoms with Gasteiger partial charge >= 0.3 is 5.97 Å². The second-order valence-corrected chi connectivity index (χ2v) is 6.63. The molecule has 2 atom stereocenters. The summed E-state index contributed by atoms with van der Waals surface area (Å²) in [5.41, 5.74) is -0.322. The largest absolute Gasteiger partial charge is 0.449 e. The first-order chi connectivity index (χ1) is 8.79. The zero-order valence-electron chi connectivity index (χ0n) is 11.4. The third kappa shape index (κ3) is 4.03. The molecule has 0 spiro atoms. The number of hydrogen-bond donors (Lipinski definition) is 0. The minimum Gasteiger partial charge on any atom is -0.449 e. The highest BCUT2D eigenvalue weighted by Crippen LogP contribution is 2.45. The van der Waals surface area contributed by atoms with Crippen LogP contribution in [0.4, 0.5) is 0 Å². The summed E-state index contributed by atoms with van der Waals surface area (Å²) in [6.07, 6.45) is 4.95. The first-order valence-electron chi connectivity index (χ1n) is 5.66. The predicted molar refractivity (Wildman–Crippen MR) is 77.5 cm³/mol. The maximum atomic E-state index is 11.9. The molecule has 1 saturated heterocycles. The number of esters is 1. The molecule has 2 nitrogen and oxygen atoms in total. The lowest BCUT2D eigenvalue weighted by atomic mass is 9.98. The third-order valence-electron chi connectivity index (χ3n) is 2.28. The quantitative estimate of drug-likeness (QED) is 0.498. The summed E-state index contributed by atoms with van der Waals surface area (Å²) >= 11 is 1.41. The Labute approximate surface area is 119 Å². The van der Waals surface area contributed by atoms with E-state index in [1.807, 2.05) is 20.8 Å². The lowest BCUT2D eigenvalue weighted by Gasteiger charge is -2.24. The molecule has 0 saturated carbocycles. The second-order valence-electron chi connectivity index (χ2n) is 5.15. The molecule has 0 N–H and O–H groups in total. The van der Waals surface area contributed by atoms with E-state index in [0.717, 1.165) is 0 Å². The third-order valence-corrected chi connectivity index (χ3v) is 4.03. The van der Waals surface area contributed by atoms with Crippen LogP contribution in [0.3, 0.4) is 0 Å². The van der Waals surface area contributed by atoms with Gasteiger partial charge in [-0.1, -0.05) is 38.5 Å². The molecule has 0 aliphatic carbocycles. The van der Waals surface area contributed by atoms with E-state index in [1.165, 1.54) is 11.8 Å². The van der Waals surface area contributed by atoms with Crippen LogP contribution in [-0.2, 0) is 9.53 Å². The average molecular weight is 270 g/mol. The van der Waals surface area contributed by atoms with Crippen molar-refractivity contribution in [3.63, 3.8) is 0 Å². The van der Waals surface area contributed by atoms with E-state index in [2.05, 4.69) is 41.4 Å². The molecule has 0 aromatic heterocycles. The molecule has 0 bridgehead atoms. The van der Waals surface area contributed by atoms with Gasteiger partial charge in [0.15, 0.2) is 10.2 Å². The SMILES string of the molecule is C#CC#CC#CC#CC1(C)SC(C(C)(C)C)OC1=O. The highest BCUT2D eigenvalue weighted by molar-refractivity contribution is 8.02. The van der Waals surface area contributed by atoms with E-state index in [1.54, 1.807) is 6.92 Å². The Kier molecular flexibility index (Phi) is 4.62. The molecule has 19 heavy (non-hydrogen) atoms. The van der Waals surface area contributed by atoms with Crippen LogP contribution in [0, 0.1) is 53.3 Å². The van der Waals surface area contributed by atoms with Gasteiger partial charge < -0.3 is 4.74 Å². The van der Waals surface area contributed by atoms with Crippen molar-refractivity contribution < 1.29 is 9.53 Å². The van der Waals surface area contributed by atoms with Crippen molar-refractivity contribution in [2.24, 2.45) is 5.41 Å². The molecule has 3 heteroatoms.